The van der Waals surface area contributed by atoms with Gasteiger partial charge < -0.3 is 19.7 Å². The summed E-state index contributed by atoms with van der Waals surface area (Å²) in [6, 6.07) is 11.4. The van der Waals surface area contributed by atoms with Crippen molar-refractivity contribution >= 4 is 11.7 Å². The van der Waals surface area contributed by atoms with E-state index in [-0.39, 0.29) is 12.0 Å². The van der Waals surface area contributed by atoms with E-state index in [1.54, 1.807) is 6.20 Å². The normalized spacial score (nSPS) is 21.5. The molecule has 2 aromatic rings. The van der Waals surface area contributed by atoms with E-state index >= 15 is 0 Å². The number of aromatic nitrogens is 1. The van der Waals surface area contributed by atoms with Gasteiger partial charge in [0.1, 0.15) is 11.9 Å². The van der Waals surface area contributed by atoms with Crippen LogP contribution >= 0.6 is 0 Å². The van der Waals surface area contributed by atoms with Gasteiger partial charge in [-0.1, -0.05) is 12.1 Å². The number of hydrogen-bond acceptors (Lipinski definition) is 5. The molecule has 2 atom stereocenters. The fraction of sp³-hybridized carbons (Fsp3) is 0.400. The minimum absolute atomic E-state index is 0.175. The first-order valence-corrected chi connectivity index (χ1v) is 9.10. The Bertz CT molecular complexity index is 789. The first-order valence-electron chi connectivity index (χ1n) is 9.10. The lowest BCUT2D eigenvalue weighted by Crippen LogP contribution is -2.48. The van der Waals surface area contributed by atoms with Crippen molar-refractivity contribution in [3.63, 3.8) is 0 Å². The van der Waals surface area contributed by atoms with Gasteiger partial charge in [-0.3, -0.25) is 4.79 Å². The summed E-state index contributed by atoms with van der Waals surface area (Å²) in [4.78, 5) is 19.3. The number of fused-ring (bicyclic) bond motifs is 1. The summed E-state index contributed by atoms with van der Waals surface area (Å²) in [6.45, 7) is 4.38. The Morgan fingerprint density at radius 2 is 1.92 bits per heavy atom. The minimum Gasteiger partial charge on any atom is -0.482 e. The van der Waals surface area contributed by atoms with E-state index in [0.717, 1.165) is 24.5 Å². The largest absolute Gasteiger partial charge is 0.482 e. The lowest BCUT2D eigenvalue weighted by Gasteiger charge is -2.31. The van der Waals surface area contributed by atoms with Crippen LogP contribution in [0.3, 0.4) is 0 Å². The zero-order valence-electron chi connectivity index (χ0n) is 14.9. The molecule has 0 bridgehead atoms. The first kappa shape index (κ1) is 16.7. The molecule has 26 heavy (non-hydrogen) atoms. The second-order valence-electron chi connectivity index (χ2n) is 6.74. The monoisotopic (exact) mass is 353 g/mol. The molecule has 1 N–H and O–H groups in total. The molecule has 2 aliphatic heterocycles. The topological polar surface area (TPSA) is 63.7 Å². The minimum atomic E-state index is -0.662. The van der Waals surface area contributed by atoms with Crippen LogP contribution in [0.25, 0.3) is 0 Å². The Kier molecular flexibility index (Phi) is 4.65. The number of benzene rings is 1. The maximum atomic E-state index is 12.6. The molecule has 1 saturated heterocycles. The Hall–Kier alpha value is -2.76. The standard InChI is InChI=1S/C20H23N3O3/c1-14-19(26-17-7-3-2-6-16(17)25-14)20(24)22-13-15-8-9-21-18(12-15)23-10-4-5-11-23/h2-3,6-9,12,14,19H,4-5,10-11,13H2,1H3,(H,22,24)/t14-,19-/m1/s1. The molecule has 0 unspecified atom stereocenters. The number of pyridine rings is 1. The van der Waals surface area contributed by atoms with Crippen molar-refractivity contribution in [2.45, 2.75) is 38.5 Å². The van der Waals surface area contributed by atoms with E-state index in [1.807, 2.05) is 43.3 Å². The third kappa shape index (κ3) is 3.45. The molecular weight excluding hydrogens is 330 g/mol. The number of nitrogens with zero attached hydrogens (tertiary/aromatic N) is 2. The summed E-state index contributed by atoms with van der Waals surface area (Å²) in [5, 5.41) is 2.96. The van der Waals surface area contributed by atoms with Crippen LogP contribution in [0.1, 0.15) is 25.3 Å². The highest BCUT2D eigenvalue weighted by atomic mass is 16.6. The zero-order chi connectivity index (χ0) is 17.9. The average Bonchev–Trinajstić information content (AvgIpc) is 3.20. The number of hydrogen-bond donors (Lipinski definition) is 1. The number of carbonyl (C=O) groups is 1. The number of nitrogens with one attached hydrogen (secondary N) is 1. The van der Waals surface area contributed by atoms with Crippen molar-refractivity contribution in [2.75, 3.05) is 18.0 Å². The van der Waals surface area contributed by atoms with E-state index in [9.17, 15) is 4.79 Å². The lowest BCUT2D eigenvalue weighted by atomic mass is 10.1. The van der Waals surface area contributed by atoms with E-state index in [4.69, 9.17) is 9.47 Å². The van der Waals surface area contributed by atoms with Crippen molar-refractivity contribution in [2.24, 2.45) is 0 Å². The number of amides is 1. The predicted octanol–water partition coefficient (Wildman–Crippen LogP) is 2.53. The fourth-order valence-corrected chi connectivity index (χ4v) is 3.39. The number of ether oxygens (including phenoxy) is 2. The molecule has 136 valence electrons. The molecule has 6 heteroatoms. The van der Waals surface area contributed by atoms with Crippen LogP contribution in [0.5, 0.6) is 11.5 Å². The highest BCUT2D eigenvalue weighted by Gasteiger charge is 2.33. The van der Waals surface area contributed by atoms with Gasteiger partial charge in [0.15, 0.2) is 11.5 Å². The molecule has 0 radical (unpaired) electrons. The quantitative estimate of drug-likeness (QED) is 0.915. The van der Waals surface area contributed by atoms with Gasteiger partial charge >= 0.3 is 0 Å². The molecular formula is C20H23N3O3. The molecule has 3 heterocycles. The molecule has 2 aliphatic rings. The van der Waals surface area contributed by atoms with Crippen LogP contribution in [-0.4, -0.2) is 36.2 Å². The second kappa shape index (κ2) is 7.23. The molecule has 4 rings (SSSR count). The highest BCUT2D eigenvalue weighted by Crippen LogP contribution is 2.33. The van der Waals surface area contributed by atoms with Crippen molar-refractivity contribution in [1.82, 2.24) is 10.3 Å². The molecule has 0 spiro atoms. The summed E-state index contributed by atoms with van der Waals surface area (Å²) in [7, 11) is 0. The van der Waals surface area contributed by atoms with E-state index < -0.39 is 6.10 Å². The molecule has 0 aliphatic carbocycles. The predicted molar refractivity (Wildman–Crippen MR) is 98.5 cm³/mol. The number of carbonyl (C=O) groups excluding carboxylic acids is 1. The van der Waals surface area contributed by atoms with Gasteiger partial charge in [0, 0.05) is 25.8 Å². The van der Waals surface area contributed by atoms with Crippen molar-refractivity contribution in [3.8, 4) is 11.5 Å². The third-order valence-electron chi connectivity index (χ3n) is 4.81. The maximum absolute atomic E-state index is 12.6. The smallest absolute Gasteiger partial charge is 0.265 e. The molecule has 1 amide bonds. The fourth-order valence-electron chi connectivity index (χ4n) is 3.39. The molecule has 1 fully saturated rings. The maximum Gasteiger partial charge on any atom is 0.265 e. The molecule has 1 aromatic carbocycles. The summed E-state index contributed by atoms with van der Waals surface area (Å²) in [5.41, 5.74) is 1.03. The highest BCUT2D eigenvalue weighted by molar-refractivity contribution is 5.82. The molecule has 0 saturated carbocycles. The van der Waals surface area contributed by atoms with Crippen molar-refractivity contribution in [1.29, 1.82) is 0 Å². The van der Waals surface area contributed by atoms with Crippen molar-refractivity contribution in [3.05, 3.63) is 48.2 Å². The summed E-state index contributed by atoms with van der Waals surface area (Å²) >= 11 is 0. The van der Waals surface area contributed by atoms with Gasteiger partial charge in [-0.15, -0.1) is 0 Å². The van der Waals surface area contributed by atoms with Crippen molar-refractivity contribution < 1.29 is 14.3 Å². The first-order chi connectivity index (χ1) is 12.7. The Labute approximate surface area is 153 Å². The summed E-state index contributed by atoms with van der Waals surface area (Å²) < 4.78 is 11.6. The van der Waals surface area contributed by atoms with Gasteiger partial charge in [-0.2, -0.15) is 0 Å². The number of anilines is 1. The average molecular weight is 353 g/mol. The molecule has 1 aromatic heterocycles. The Morgan fingerprint density at radius 1 is 1.19 bits per heavy atom. The van der Waals surface area contributed by atoms with Crippen LogP contribution in [0.2, 0.25) is 0 Å². The number of rotatable bonds is 4. The zero-order valence-corrected chi connectivity index (χ0v) is 14.9. The lowest BCUT2D eigenvalue weighted by molar-refractivity contribution is -0.133. The number of para-hydroxylation sites is 2. The van der Waals surface area contributed by atoms with Gasteiger partial charge in [0.2, 0.25) is 6.10 Å². The Morgan fingerprint density at radius 3 is 2.69 bits per heavy atom. The van der Waals surface area contributed by atoms with Crippen LogP contribution in [0.4, 0.5) is 5.82 Å². The second-order valence-corrected chi connectivity index (χ2v) is 6.74. The summed E-state index contributed by atoms with van der Waals surface area (Å²) in [6.07, 6.45) is 3.21. The van der Waals surface area contributed by atoms with E-state index in [1.165, 1.54) is 12.8 Å². The summed E-state index contributed by atoms with van der Waals surface area (Å²) in [5.74, 6) is 2.08. The Balaban J connectivity index is 1.39. The van der Waals surface area contributed by atoms with Crippen LogP contribution in [-0.2, 0) is 11.3 Å². The van der Waals surface area contributed by atoms with Gasteiger partial charge in [0.25, 0.3) is 5.91 Å². The SMILES string of the molecule is C[C@H]1Oc2ccccc2O[C@H]1C(=O)NCc1ccnc(N2CCCC2)c1. The van der Waals surface area contributed by atoms with Crippen LogP contribution in [0, 0.1) is 0 Å². The molecule has 6 nitrogen and oxygen atoms in total. The third-order valence-corrected chi connectivity index (χ3v) is 4.81. The van der Waals surface area contributed by atoms with Gasteiger partial charge in [-0.25, -0.2) is 4.98 Å². The van der Waals surface area contributed by atoms with E-state index in [2.05, 4.69) is 15.2 Å². The van der Waals surface area contributed by atoms with Gasteiger partial charge in [-0.05, 0) is 49.6 Å². The van der Waals surface area contributed by atoms with E-state index in [0.29, 0.717) is 18.0 Å². The van der Waals surface area contributed by atoms with Crippen LogP contribution < -0.4 is 19.7 Å². The van der Waals surface area contributed by atoms with Gasteiger partial charge in [0.05, 0.1) is 0 Å². The van der Waals surface area contributed by atoms with Crippen LogP contribution in [0.15, 0.2) is 42.6 Å².